The molecule has 0 N–H and O–H groups in total. The van der Waals surface area contributed by atoms with Crippen LogP contribution in [0.15, 0.2) is 29.3 Å². The number of hydrogen-bond donors (Lipinski definition) is 0. The lowest BCUT2D eigenvalue weighted by molar-refractivity contribution is 0.730. The van der Waals surface area contributed by atoms with Crippen molar-refractivity contribution in [2.45, 2.75) is 0 Å². The summed E-state index contributed by atoms with van der Waals surface area (Å²) in [6.45, 7) is 0.222. The molecule has 0 spiro atoms. The van der Waals surface area contributed by atoms with Crippen LogP contribution >= 0.6 is 0 Å². The summed E-state index contributed by atoms with van der Waals surface area (Å²) in [5.74, 6) is -0.115. The third kappa shape index (κ3) is 0.652. The minimum atomic E-state index is -0.115. The summed E-state index contributed by atoms with van der Waals surface area (Å²) in [5.41, 5.74) is 0. The van der Waals surface area contributed by atoms with Gasteiger partial charge in [-0.2, -0.15) is 0 Å². The van der Waals surface area contributed by atoms with E-state index in [1.807, 2.05) is 18.2 Å². The highest BCUT2D eigenvalue weighted by atomic mass is 19.1. The third-order valence-electron chi connectivity index (χ3n) is 1.58. The molecule has 1 aliphatic rings. The highest BCUT2D eigenvalue weighted by Crippen LogP contribution is 1.96. The van der Waals surface area contributed by atoms with Crippen molar-refractivity contribution in [3.05, 3.63) is 34.8 Å². The van der Waals surface area contributed by atoms with Crippen LogP contribution in [0.25, 0.3) is 5.83 Å². The Kier molecular flexibility index (Phi) is 1.07. The fourth-order valence-electron chi connectivity index (χ4n) is 1.08. The van der Waals surface area contributed by atoms with Crippen molar-refractivity contribution in [1.82, 2.24) is 0 Å². The van der Waals surface area contributed by atoms with E-state index in [0.717, 1.165) is 5.36 Å². The Balaban J connectivity index is 2.96. The predicted octanol–water partition coefficient (Wildman–Crippen LogP) is 0.398. The molecule has 0 saturated carbocycles. The van der Waals surface area contributed by atoms with Gasteiger partial charge < -0.3 is 0 Å². The maximum Gasteiger partial charge on any atom is 0.131 e. The normalized spacial score (nSPS) is 14.7. The summed E-state index contributed by atoms with van der Waals surface area (Å²) < 4.78 is 12.7. The van der Waals surface area contributed by atoms with Crippen molar-refractivity contribution in [2.24, 2.45) is 4.99 Å². The molecule has 10 heavy (non-hydrogen) atoms. The maximum absolute atomic E-state index is 12.7. The molecule has 0 aromatic heterocycles. The van der Waals surface area contributed by atoms with E-state index >= 15 is 0 Å². The average Bonchev–Trinajstić information content (AvgIpc) is 2.34. The number of nitrogens with zero attached hydrogens (tertiary/aromatic N) is 1. The SMILES string of the molecule is FC1=c2ccccc2=NC1. The molecule has 1 aliphatic heterocycles. The third-order valence-corrected chi connectivity index (χ3v) is 1.58. The van der Waals surface area contributed by atoms with Gasteiger partial charge in [-0.15, -0.1) is 0 Å². The van der Waals surface area contributed by atoms with E-state index in [-0.39, 0.29) is 12.4 Å². The Hall–Kier alpha value is -1.18. The first kappa shape index (κ1) is 5.59. The maximum atomic E-state index is 12.7. The second-order valence-electron chi connectivity index (χ2n) is 2.24. The van der Waals surface area contributed by atoms with Crippen molar-refractivity contribution in [3.63, 3.8) is 0 Å². The van der Waals surface area contributed by atoms with Gasteiger partial charge in [0.05, 0.1) is 11.9 Å². The van der Waals surface area contributed by atoms with E-state index in [1.54, 1.807) is 6.07 Å². The molecule has 1 nitrogen and oxygen atoms in total. The van der Waals surface area contributed by atoms with Crippen molar-refractivity contribution in [2.75, 3.05) is 6.54 Å². The van der Waals surface area contributed by atoms with Crippen LogP contribution in [0.4, 0.5) is 4.39 Å². The molecule has 0 atom stereocenters. The van der Waals surface area contributed by atoms with Crippen LogP contribution in [-0.4, -0.2) is 6.54 Å². The second-order valence-corrected chi connectivity index (χ2v) is 2.24. The lowest BCUT2D eigenvalue weighted by Crippen LogP contribution is -2.20. The van der Waals surface area contributed by atoms with Crippen LogP contribution in [0.1, 0.15) is 0 Å². The molecular weight excluding hydrogens is 129 g/mol. The summed E-state index contributed by atoms with van der Waals surface area (Å²) in [6.07, 6.45) is 0. The van der Waals surface area contributed by atoms with Gasteiger partial charge in [-0.25, -0.2) is 4.39 Å². The minimum Gasteiger partial charge on any atom is -0.277 e. The van der Waals surface area contributed by atoms with Gasteiger partial charge in [-0.05, 0) is 6.07 Å². The minimum absolute atomic E-state index is 0.115. The van der Waals surface area contributed by atoms with Gasteiger partial charge in [0, 0.05) is 5.22 Å². The van der Waals surface area contributed by atoms with Crippen molar-refractivity contribution < 1.29 is 4.39 Å². The quantitative estimate of drug-likeness (QED) is 0.488. The number of fused-ring (bicyclic) bond motifs is 1. The first-order valence-electron chi connectivity index (χ1n) is 3.16. The van der Waals surface area contributed by atoms with Crippen molar-refractivity contribution in [1.29, 1.82) is 0 Å². The van der Waals surface area contributed by atoms with Crippen LogP contribution in [0.3, 0.4) is 0 Å². The molecule has 1 aromatic carbocycles. The van der Waals surface area contributed by atoms with Gasteiger partial charge in [0.15, 0.2) is 0 Å². The van der Waals surface area contributed by atoms with Crippen LogP contribution in [0.5, 0.6) is 0 Å². The van der Waals surface area contributed by atoms with E-state index in [4.69, 9.17) is 0 Å². The largest absolute Gasteiger partial charge is 0.277 e. The summed E-state index contributed by atoms with van der Waals surface area (Å²) >= 11 is 0. The Labute approximate surface area is 57.5 Å². The number of halogens is 1. The molecule has 2 heteroatoms. The fourth-order valence-corrected chi connectivity index (χ4v) is 1.08. The zero-order valence-corrected chi connectivity index (χ0v) is 5.34. The number of rotatable bonds is 0. The predicted molar refractivity (Wildman–Crippen MR) is 36.6 cm³/mol. The topological polar surface area (TPSA) is 12.4 Å². The Morgan fingerprint density at radius 1 is 1.30 bits per heavy atom. The van der Waals surface area contributed by atoms with Gasteiger partial charge in [-0.3, -0.25) is 4.99 Å². The molecule has 0 fully saturated rings. The first-order valence-corrected chi connectivity index (χ1v) is 3.16. The zero-order chi connectivity index (χ0) is 6.97. The van der Waals surface area contributed by atoms with Gasteiger partial charge in [0.25, 0.3) is 0 Å². The van der Waals surface area contributed by atoms with Crippen molar-refractivity contribution in [3.8, 4) is 0 Å². The summed E-state index contributed by atoms with van der Waals surface area (Å²) in [5, 5.41) is 1.43. The smallest absolute Gasteiger partial charge is 0.131 e. The molecule has 0 saturated heterocycles. The van der Waals surface area contributed by atoms with Gasteiger partial charge in [-0.1, -0.05) is 18.2 Å². The van der Waals surface area contributed by atoms with Crippen LogP contribution in [0.2, 0.25) is 0 Å². The molecule has 0 radical (unpaired) electrons. The monoisotopic (exact) mass is 135 g/mol. The molecule has 1 heterocycles. The highest BCUT2D eigenvalue weighted by molar-refractivity contribution is 5.39. The summed E-state index contributed by atoms with van der Waals surface area (Å²) in [4.78, 5) is 3.97. The Bertz CT molecular complexity index is 367. The van der Waals surface area contributed by atoms with E-state index in [0.29, 0.717) is 5.22 Å². The average molecular weight is 135 g/mol. The zero-order valence-electron chi connectivity index (χ0n) is 5.34. The van der Waals surface area contributed by atoms with E-state index in [1.165, 1.54) is 0 Å². The molecule has 0 bridgehead atoms. The molecule has 0 aliphatic carbocycles. The number of benzene rings is 1. The Morgan fingerprint density at radius 2 is 2.10 bits per heavy atom. The highest BCUT2D eigenvalue weighted by Gasteiger charge is 2.02. The number of hydrogen-bond acceptors (Lipinski definition) is 1. The van der Waals surface area contributed by atoms with E-state index in [9.17, 15) is 4.39 Å². The summed E-state index contributed by atoms with van der Waals surface area (Å²) in [6, 6.07) is 7.25. The standard InChI is InChI=1S/C8H6FN/c9-7-5-10-8-4-2-1-3-6(7)8/h1-4H,5H2. The molecule has 50 valence electrons. The lowest BCUT2D eigenvalue weighted by Gasteiger charge is -1.80. The van der Waals surface area contributed by atoms with E-state index < -0.39 is 0 Å². The first-order chi connectivity index (χ1) is 4.88. The molecular formula is C8H6FN. The summed E-state index contributed by atoms with van der Waals surface area (Å²) in [7, 11) is 0. The molecule has 2 rings (SSSR count). The van der Waals surface area contributed by atoms with Crippen LogP contribution in [-0.2, 0) is 0 Å². The Morgan fingerprint density at radius 3 is 2.90 bits per heavy atom. The fraction of sp³-hybridized carbons (Fsp3) is 0.125. The van der Waals surface area contributed by atoms with E-state index in [2.05, 4.69) is 4.99 Å². The van der Waals surface area contributed by atoms with Crippen molar-refractivity contribution >= 4 is 5.83 Å². The van der Waals surface area contributed by atoms with Crippen LogP contribution < -0.4 is 10.6 Å². The second kappa shape index (κ2) is 1.90. The molecule has 1 aromatic rings. The molecule has 0 amide bonds. The van der Waals surface area contributed by atoms with Gasteiger partial charge in [0.1, 0.15) is 5.83 Å². The number of para-hydroxylation sites is 1. The van der Waals surface area contributed by atoms with Gasteiger partial charge in [0.2, 0.25) is 0 Å². The van der Waals surface area contributed by atoms with Gasteiger partial charge >= 0.3 is 0 Å². The van der Waals surface area contributed by atoms with Crippen LogP contribution in [0, 0.1) is 0 Å². The lowest BCUT2D eigenvalue weighted by atomic mass is 10.3. The molecule has 0 unspecified atom stereocenters.